The Hall–Kier alpha value is -2.11. The molecule has 0 bridgehead atoms. The van der Waals surface area contributed by atoms with Crippen LogP contribution in [0, 0.1) is 0 Å². The lowest BCUT2D eigenvalue weighted by Gasteiger charge is -2.18. The number of amides is 1. The van der Waals surface area contributed by atoms with E-state index in [2.05, 4.69) is 22.0 Å². The van der Waals surface area contributed by atoms with Crippen LogP contribution in [0.15, 0.2) is 28.3 Å². The third-order valence-corrected chi connectivity index (χ3v) is 8.23. The highest BCUT2D eigenvalue weighted by atomic mass is 32.2. The minimum absolute atomic E-state index is 0.149. The number of hydrogen-bond acceptors (Lipinski definition) is 7. The first-order chi connectivity index (χ1) is 15.8. The van der Waals surface area contributed by atoms with Crippen molar-refractivity contribution in [2.45, 2.75) is 63.1 Å². The van der Waals surface area contributed by atoms with Crippen LogP contribution in [0.3, 0.4) is 0 Å². The van der Waals surface area contributed by atoms with Gasteiger partial charge in [0.25, 0.3) is 0 Å². The number of thioether (sulfide) groups is 1. The molecule has 1 heterocycles. The zero-order valence-electron chi connectivity index (χ0n) is 19.8. The molecule has 0 aliphatic carbocycles. The molecule has 0 aliphatic heterocycles. The lowest BCUT2D eigenvalue weighted by molar-refractivity contribution is -0.140. The molecule has 1 aromatic heterocycles. The Bertz CT molecular complexity index is 1050. The van der Waals surface area contributed by atoms with Gasteiger partial charge in [-0.15, -0.1) is 0 Å². The van der Waals surface area contributed by atoms with E-state index in [9.17, 15) is 18.0 Å². The summed E-state index contributed by atoms with van der Waals surface area (Å²) in [5, 5.41) is 3.47. The van der Waals surface area contributed by atoms with Gasteiger partial charge < -0.3 is 14.6 Å². The largest absolute Gasteiger partial charge is 0.469 e. The van der Waals surface area contributed by atoms with E-state index in [0.717, 1.165) is 24.9 Å². The van der Waals surface area contributed by atoms with Gasteiger partial charge in [-0.1, -0.05) is 39.0 Å². The van der Waals surface area contributed by atoms with Crippen LogP contribution in [0.5, 0.6) is 0 Å². The van der Waals surface area contributed by atoms with Crippen LogP contribution in [0.2, 0.25) is 0 Å². The van der Waals surface area contributed by atoms with Crippen LogP contribution in [0.25, 0.3) is 11.0 Å². The molecule has 0 fully saturated rings. The molecule has 1 N–H and O–H groups in total. The number of fused-ring (bicyclic) bond motifs is 1. The van der Waals surface area contributed by atoms with Crippen LogP contribution >= 0.6 is 11.8 Å². The van der Waals surface area contributed by atoms with Gasteiger partial charge in [-0.25, -0.2) is 13.4 Å². The Labute approximate surface area is 200 Å². The van der Waals surface area contributed by atoms with Gasteiger partial charge in [0.15, 0.2) is 5.16 Å². The molecule has 33 heavy (non-hydrogen) atoms. The monoisotopic (exact) mass is 498 g/mol. The second kappa shape index (κ2) is 13.0. The van der Waals surface area contributed by atoms with Crippen molar-refractivity contribution < 1.29 is 22.7 Å². The lowest BCUT2D eigenvalue weighted by atomic mass is 10.3. The van der Waals surface area contributed by atoms with Crippen molar-refractivity contribution in [1.29, 1.82) is 0 Å². The summed E-state index contributed by atoms with van der Waals surface area (Å²) in [7, 11) is -2.24. The Morgan fingerprint density at radius 2 is 1.91 bits per heavy atom. The van der Waals surface area contributed by atoms with Crippen molar-refractivity contribution in [3.63, 3.8) is 0 Å². The highest BCUT2D eigenvalue weighted by Crippen LogP contribution is 2.27. The smallest absolute Gasteiger partial charge is 0.305 e. The summed E-state index contributed by atoms with van der Waals surface area (Å²) < 4.78 is 33.9. The summed E-state index contributed by atoms with van der Waals surface area (Å²) in [6, 6.07) is 5.04. The summed E-state index contributed by atoms with van der Waals surface area (Å²) >= 11 is 1.32. The minimum atomic E-state index is -3.58. The molecule has 0 spiro atoms. The van der Waals surface area contributed by atoms with E-state index in [4.69, 9.17) is 0 Å². The number of rotatable bonds is 14. The first-order valence-electron chi connectivity index (χ1n) is 11.2. The Balaban J connectivity index is 2.18. The number of aromatic nitrogens is 2. The van der Waals surface area contributed by atoms with E-state index in [1.807, 2.05) is 18.4 Å². The molecule has 184 valence electrons. The number of carbonyl (C=O) groups is 2. The van der Waals surface area contributed by atoms with Crippen molar-refractivity contribution in [3.05, 3.63) is 18.2 Å². The van der Waals surface area contributed by atoms with Crippen molar-refractivity contribution in [3.8, 4) is 0 Å². The number of sulfonamides is 1. The molecule has 11 heteroatoms. The van der Waals surface area contributed by atoms with E-state index in [1.54, 1.807) is 18.2 Å². The summed E-state index contributed by atoms with van der Waals surface area (Å²) in [5.41, 5.74) is 1.45. The zero-order valence-corrected chi connectivity index (χ0v) is 21.4. The Morgan fingerprint density at radius 1 is 1.18 bits per heavy atom. The first kappa shape index (κ1) is 27.1. The molecule has 0 saturated heterocycles. The molecular weight excluding hydrogens is 464 g/mol. The maximum atomic E-state index is 12.9. The van der Waals surface area contributed by atoms with Gasteiger partial charge in [0.05, 0.1) is 28.8 Å². The highest BCUT2D eigenvalue weighted by molar-refractivity contribution is 7.99. The number of nitrogens with one attached hydrogen (secondary N) is 1. The van der Waals surface area contributed by atoms with Gasteiger partial charge in [-0.3, -0.25) is 9.59 Å². The predicted octanol–water partition coefficient (Wildman–Crippen LogP) is 3.03. The van der Waals surface area contributed by atoms with E-state index in [-0.39, 0.29) is 28.9 Å². The maximum absolute atomic E-state index is 12.9. The van der Waals surface area contributed by atoms with Crippen molar-refractivity contribution >= 4 is 44.7 Å². The Morgan fingerprint density at radius 3 is 2.55 bits per heavy atom. The van der Waals surface area contributed by atoms with Gasteiger partial charge in [0, 0.05) is 32.6 Å². The number of nitrogens with zero attached hydrogens (tertiary/aromatic N) is 3. The number of esters is 1. The van der Waals surface area contributed by atoms with E-state index in [0.29, 0.717) is 36.7 Å². The fourth-order valence-electron chi connectivity index (χ4n) is 3.35. The number of aryl methyl sites for hydroxylation is 1. The van der Waals surface area contributed by atoms with E-state index < -0.39 is 10.0 Å². The van der Waals surface area contributed by atoms with Crippen molar-refractivity contribution in [1.82, 2.24) is 19.2 Å². The second-order valence-electron chi connectivity index (χ2n) is 7.46. The summed E-state index contributed by atoms with van der Waals surface area (Å²) in [5.74, 6) is -0.271. The van der Waals surface area contributed by atoms with Crippen LogP contribution in [-0.4, -0.2) is 66.6 Å². The first-order valence-corrected chi connectivity index (χ1v) is 13.7. The van der Waals surface area contributed by atoms with Crippen LogP contribution in [0.1, 0.15) is 46.5 Å². The molecule has 0 unspecified atom stereocenters. The van der Waals surface area contributed by atoms with Gasteiger partial charge in [0.2, 0.25) is 15.9 Å². The number of unbranched alkanes of at least 4 members (excludes halogenated alkanes) is 1. The molecule has 2 aromatic rings. The van der Waals surface area contributed by atoms with E-state index in [1.165, 1.54) is 23.2 Å². The summed E-state index contributed by atoms with van der Waals surface area (Å²) in [6.45, 7) is 7.66. The quantitative estimate of drug-likeness (QED) is 0.242. The average Bonchev–Trinajstić information content (AvgIpc) is 3.16. The topological polar surface area (TPSA) is 111 Å². The number of carbonyl (C=O) groups excluding carboxylic acids is 2. The van der Waals surface area contributed by atoms with Gasteiger partial charge in [-0.2, -0.15) is 4.31 Å². The number of hydrogen-bond donors (Lipinski definition) is 1. The van der Waals surface area contributed by atoms with Crippen LogP contribution < -0.4 is 5.32 Å². The second-order valence-corrected chi connectivity index (χ2v) is 10.3. The zero-order chi connectivity index (χ0) is 24.4. The van der Waals surface area contributed by atoms with Crippen molar-refractivity contribution in [2.24, 2.45) is 0 Å². The molecule has 0 radical (unpaired) electrons. The van der Waals surface area contributed by atoms with Gasteiger partial charge in [0.1, 0.15) is 0 Å². The molecule has 0 aliphatic rings. The third-order valence-electron chi connectivity index (χ3n) is 5.20. The predicted molar refractivity (Wildman–Crippen MR) is 130 cm³/mol. The van der Waals surface area contributed by atoms with E-state index >= 15 is 0 Å². The van der Waals surface area contributed by atoms with Crippen LogP contribution in [0.4, 0.5) is 0 Å². The molecular formula is C22H34N4O5S2. The molecule has 0 saturated carbocycles. The number of imidazole rings is 1. The molecule has 1 aromatic carbocycles. The average molecular weight is 499 g/mol. The number of benzene rings is 1. The minimum Gasteiger partial charge on any atom is -0.469 e. The Kier molecular flexibility index (Phi) is 10.6. The SMILES string of the molecule is CCCCn1c(SCC(=O)NCCCC(=O)OC)nc2cc(S(=O)(=O)N(CC)CC)ccc21. The van der Waals surface area contributed by atoms with Crippen molar-refractivity contribution in [2.75, 3.05) is 32.5 Å². The summed E-state index contributed by atoms with van der Waals surface area (Å²) in [4.78, 5) is 28.2. The summed E-state index contributed by atoms with van der Waals surface area (Å²) in [6.07, 6.45) is 2.72. The fraction of sp³-hybridized carbons (Fsp3) is 0.591. The maximum Gasteiger partial charge on any atom is 0.305 e. The third kappa shape index (κ3) is 7.18. The standard InChI is InChI=1S/C22H34N4O5S2/c1-5-8-14-26-19-12-11-17(33(29,30)25(6-2)7-3)15-18(19)24-22(26)32-16-20(27)23-13-9-10-21(28)31-4/h11-12,15H,5-10,13-14,16H2,1-4H3,(H,23,27). The van der Waals surface area contributed by atoms with Gasteiger partial charge in [-0.05, 0) is 31.0 Å². The fourth-order valence-corrected chi connectivity index (χ4v) is 5.70. The van der Waals surface area contributed by atoms with Gasteiger partial charge >= 0.3 is 5.97 Å². The number of methoxy groups -OCH3 is 1. The molecule has 1 amide bonds. The number of ether oxygens (including phenoxy) is 1. The molecule has 2 rings (SSSR count). The molecule has 0 atom stereocenters. The lowest BCUT2D eigenvalue weighted by Crippen LogP contribution is -2.30. The molecule has 9 nitrogen and oxygen atoms in total. The highest BCUT2D eigenvalue weighted by Gasteiger charge is 2.23. The normalized spacial score (nSPS) is 11.8. The van der Waals surface area contributed by atoms with Crippen LogP contribution in [-0.2, 0) is 30.9 Å².